The van der Waals surface area contributed by atoms with Crippen LogP contribution < -0.4 is 9.80 Å². The van der Waals surface area contributed by atoms with Crippen LogP contribution in [-0.2, 0) is 4.79 Å². The molecular formula is C18H22N2O. The van der Waals surface area contributed by atoms with E-state index < -0.39 is 0 Å². The zero-order chi connectivity index (χ0) is 15.2. The molecule has 21 heavy (non-hydrogen) atoms. The smallest absolute Gasteiger partial charge is 0.246 e. The fourth-order valence-corrected chi connectivity index (χ4v) is 2.36. The van der Waals surface area contributed by atoms with Crippen LogP contribution in [0.3, 0.4) is 0 Å². The third-order valence-electron chi connectivity index (χ3n) is 3.50. The van der Waals surface area contributed by atoms with E-state index >= 15 is 0 Å². The number of amides is 1. The molecule has 2 rings (SSSR count). The molecule has 3 nitrogen and oxygen atoms in total. The first-order chi connectivity index (χ1) is 10.1. The van der Waals surface area contributed by atoms with Crippen LogP contribution in [0.5, 0.6) is 0 Å². The summed E-state index contributed by atoms with van der Waals surface area (Å²) in [7, 11) is 1.94. The lowest BCUT2D eigenvalue weighted by molar-refractivity contribution is -0.117. The first kappa shape index (κ1) is 15.1. The minimum atomic E-state index is 0.106. The van der Waals surface area contributed by atoms with Crippen molar-refractivity contribution in [1.29, 1.82) is 0 Å². The summed E-state index contributed by atoms with van der Waals surface area (Å²) >= 11 is 0. The number of rotatable bonds is 5. The third-order valence-corrected chi connectivity index (χ3v) is 3.50. The van der Waals surface area contributed by atoms with Crippen LogP contribution >= 0.6 is 0 Å². The number of para-hydroxylation sites is 1. The normalized spacial score (nSPS) is 10.2. The number of aryl methyl sites for hydroxylation is 1. The number of anilines is 2. The maximum atomic E-state index is 12.6. The second kappa shape index (κ2) is 6.93. The number of likely N-dealkylation sites (N-methyl/N-ethyl adjacent to an activating group) is 2. The van der Waals surface area contributed by atoms with Gasteiger partial charge in [0.1, 0.15) is 0 Å². The zero-order valence-electron chi connectivity index (χ0n) is 12.9. The van der Waals surface area contributed by atoms with Crippen LogP contribution in [0.25, 0.3) is 0 Å². The molecule has 0 fully saturated rings. The molecule has 0 saturated heterocycles. The molecule has 0 N–H and O–H groups in total. The lowest BCUT2D eigenvalue weighted by Gasteiger charge is -2.25. The minimum absolute atomic E-state index is 0.106. The SMILES string of the molecule is CCN(C(=O)CN(C)c1ccccc1)c1cccc(C)c1. The Morgan fingerprint density at radius 2 is 1.67 bits per heavy atom. The fraction of sp³-hybridized carbons (Fsp3) is 0.278. The Hall–Kier alpha value is -2.29. The minimum Gasteiger partial charge on any atom is -0.365 e. The van der Waals surface area contributed by atoms with Crippen molar-refractivity contribution in [2.45, 2.75) is 13.8 Å². The quantitative estimate of drug-likeness (QED) is 0.838. The largest absolute Gasteiger partial charge is 0.365 e. The van der Waals surface area contributed by atoms with Gasteiger partial charge in [0.25, 0.3) is 0 Å². The van der Waals surface area contributed by atoms with Crippen LogP contribution in [-0.4, -0.2) is 26.0 Å². The van der Waals surface area contributed by atoms with Gasteiger partial charge in [-0.3, -0.25) is 4.79 Å². The molecule has 0 atom stereocenters. The molecule has 0 bridgehead atoms. The van der Waals surface area contributed by atoms with Gasteiger partial charge < -0.3 is 9.80 Å². The molecule has 0 radical (unpaired) electrons. The average molecular weight is 282 g/mol. The Morgan fingerprint density at radius 1 is 1.00 bits per heavy atom. The molecule has 2 aromatic carbocycles. The number of hydrogen-bond donors (Lipinski definition) is 0. The molecule has 2 aromatic rings. The van der Waals surface area contributed by atoms with Gasteiger partial charge in [0.15, 0.2) is 0 Å². The first-order valence-electron chi connectivity index (χ1n) is 7.25. The Labute approximate surface area is 126 Å². The highest BCUT2D eigenvalue weighted by Gasteiger charge is 2.16. The number of hydrogen-bond acceptors (Lipinski definition) is 2. The molecule has 0 aliphatic heterocycles. The highest BCUT2D eigenvalue weighted by molar-refractivity contribution is 5.96. The summed E-state index contributed by atoms with van der Waals surface area (Å²) < 4.78 is 0. The summed E-state index contributed by atoms with van der Waals surface area (Å²) in [4.78, 5) is 16.4. The Bertz CT molecular complexity index is 595. The van der Waals surface area contributed by atoms with Crippen LogP contribution in [0.15, 0.2) is 54.6 Å². The third kappa shape index (κ3) is 3.85. The summed E-state index contributed by atoms with van der Waals surface area (Å²) in [6.07, 6.45) is 0. The van der Waals surface area contributed by atoms with E-state index in [1.165, 1.54) is 0 Å². The molecule has 0 aliphatic rings. The molecule has 0 heterocycles. The van der Waals surface area contributed by atoms with E-state index in [0.717, 1.165) is 16.9 Å². The van der Waals surface area contributed by atoms with Gasteiger partial charge in [0.05, 0.1) is 6.54 Å². The molecule has 0 aliphatic carbocycles. The van der Waals surface area contributed by atoms with E-state index in [-0.39, 0.29) is 5.91 Å². The van der Waals surface area contributed by atoms with E-state index in [1.54, 1.807) is 0 Å². The Kier molecular flexibility index (Phi) is 4.99. The zero-order valence-corrected chi connectivity index (χ0v) is 12.9. The molecule has 0 saturated carbocycles. The van der Waals surface area contributed by atoms with Gasteiger partial charge in [0, 0.05) is 25.0 Å². The first-order valence-corrected chi connectivity index (χ1v) is 7.25. The molecule has 0 spiro atoms. The highest BCUT2D eigenvalue weighted by Crippen LogP contribution is 2.17. The van der Waals surface area contributed by atoms with Gasteiger partial charge in [-0.05, 0) is 43.7 Å². The number of nitrogens with zero attached hydrogens (tertiary/aromatic N) is 2. The van der Waals surface area contributed by atoms with Crippen molar-refractivity contribution in [3.63, 3.8) is 0 Å². The van der Waals surface area contributed by atoms with Crippen molar-refractivity contribution in [1.82, 2.24) is 0 Å². The summed E-state index contributed by atoms with van der Waals surface area (Å²) in [5.74, 6) is 0.106. The molecular weight excluding hydrogens is 260 g/mol. The van der Waals surface area contributed by atoms with Crippen LogP contribution in [0, 0.1) is 6.92 Å². The van der Waals surface area contributed by atoms with Crippen LogP contribution in [0.4, 0.5) is 11.4 Å². The highest BCUT2D eigenvalue weighted by atomic mass is 16.2. The van der Waals surface area contributed by atoms with E-state index in [9.17, 15) is 4.79 Å². The van der Waals surface area contributed by atoms with Crippen molar-refractivity contribution >= 4 is 17.3 Å². The number of benzene rings is 2. The van der Waals surface area contributed by atoms with E-state index in [0.29, 0.717) is 13.1 Å². The van der Waals surface area contributed by atoms with Gasteiger partial charge in [-0.15, -0.1) is 0 Å². The molecule has 0 unspecified atom stereocenters. The van der Waals surface area contributed by atoms with E-state index in [2.05, 4.69) is 0 Å². The average Bonchev–Trinajstić information content (AvgIpc) is 2.49. The molecule has 0 aromatic heterocycles. The van der Waals surface area contributed by atoms with Crippen LogP contribution in [0.1, 0.15) is 12.5 Å². The lowest BCUT2D eigenvalue weighted by atomic mass is 10.2. The van der Waals surface area contributed by atoms with Gasteiger partial charge >= 0.3 is 0 Å². The molecule has 110 valence electrons. The van der Waals surface area contributed by atoms with Gasteiger partial charge in [0.2, 0.25) is 5.91 Å². The van der Waals surface area contributed by atoms with Crippen molar-refractivity contribution in [3.8, 4) is 0 Å². The summed E-state index contributed by atoms with van der Waals surface area (Å²) in [5, 5.41) is 0. The lowest BCUT2D eigenvalue weighted by Crippen LogP contribution is -2.39. The summed E-state index contributed by atoms with van der Waals surface area (Å²) in [6, 6.07) is 18.0. The summed E-state index contributed by atoms with van der Waals surface area (Å²) in [5.41, 5.74) is 3.17. The molecule has 1 amide bonds. The predicted molar refractivity (Wildman–Crippen MR) is 88.9 cm³/mol. The van der Waals surface area contributed by atoms with Crippen molar-refractivity contribution in [2.24, 2.45) is 0 Å². The monoisotopic (exact) mass is 282 g/mol. The molecule has 3 heteroatoms. The number of carbonyl (C=O) groups excluding carboxylic acids is 1. The van der Waals surface area contributed by atoms with E-state index in [1.807, 2.05) is 85.3 Å². The van der Waals surface area contributed by atoms with E-state index in [4.69, 9.17) is 0 Å². The fourth-order valence-electron chi connectivity index (χ4n) is 2.36. The maximum Gasteiger partial charge on any atom is 0.246 e. The van der Waals surface area contributed by atoms with Crippen molar-refractivity contribution in [2.75, 3.05) is 29.9 Å². The Morgan fingerprint density at radius 3 is 2.29 bits per heavy atom. The number of carbonyl (C=O) groups is 1. The second-order valence-electron chi connectivity index (χ2n) is 5.17. The van der Waals surface area contributed by atoms with Gasteiger partial charge in [-0.25, -0.2) is 0 Å². The van der Waals surface area contributed by atoms with Gasteiger partial charge in [-0.1, -0.05) is 30.3 Å². The summed E-state index contributed by atoms with van der Waals surface area (Å²) in [6.45, 7) is 5.08. The second-order valence-corrected chi connectivity index (χ2v) is 5.17. The maximum absolute atomic E-state index is 12.6. The topological polar surface area (TPSA) is 23.6 Å². The van der Waals surface area contributed by atoms with Gasteiger partial charge in [-0.2, -0.15) is 0 Å². The Balaban J connectivity index is 2.10. The van der Waals surface area contributed by atoms with Crippen molar-refractivity contribution in [3.05, 3.63) is 60.2 Å². The van der Waals surface area contributed by atoms with Crippen molar-refractivity contribution < 1.29 is 4.79 Å². The van der Waals surface area contributed by atoms with Crippen LogP contribution in [0.2, 0.25) is 0 Å². The standard InChI is InChI=1S/C18H22N2O/c1-4-20(17-12-8-9-15(2)13-17)18(21)14-19(3)16-10-6-5-7-11-16/h5-13H,4,14H2,1-3H3. The predicted octanol–water partition coefficient (Wildman–Crippen LogP) is 3.48.